The molecule has 0 spiro atoms. The quantitative estimate of drug-likeness (QED) is 0.476. The molecule has 12 heavy (non-hydrogen) atoms. The van der Waals surface area contributed by atoms with Crippen LogP contribution < -0.4 is 0 Å². The largest absolute Gasteiger partial charge is 0.311 e. The van der Waals surface area contributed by atoms with Crippen LogP contribution in [-0.2, 0) is 9.36 Å². The van der Waals surface area contributed by atoms with Gasteiger partial charge in [-0.05, 0) is 28.2 Å². The summed E-state index contributed by atoms with van der Waals surface area (Å²) in [5.41, 5.74) is 0. The van der Waals surface area contributed by atoms with Crippen molar-refractivity contribution in [3.63, 3.8) is 0 Å². The molecule has 0 fully saturated rings. The minimum Gasteiger partial charge on any atom is -0.278 e. The first kappa shape index (κ1) is 11.6. The van der Waals surface area contributed by atoms with Crippen molar-refractivity contribution in [1.82, 2.24) is 14.0 Å². The summed E-state index contributed by atoms with van der Waals surface area (Å²) in [7, 11) is 5.41. The second kappa shape index (κ2) is 4.03. The highest BCUT2D eigenvalue weighted by Crippen LogP contribution is 2.50. The van der Waals surface area contributed by atoms with Crippen molar-refractivity contribution < 1.29 is 9.36 Å². The highest BCUT2D eigenvalue weighted by atomic mass is 31.2. The molecule has 6 heteroatoms. The van der Waals surface area contributed by atoms with E-state index in [-0.39, 0.29) is 0 Å². The number of hydrogen-bond donors (Lipinski definition) is 0. The lowest BCUT2D eigenvalue weighted by Gasteiger charge is -2.34. The first-order valence-electron chi connectivity index (χ1n) is 3.51. The predicted molar refractivity (Wildman–Crippen MR) is 48.8 cm³/mol. The Hall–Kier alpha value is -0.380. The number of carbonyl (C=O) groups excluding carboxylic acids is 1. The maximum atomic E-state index is 12.1. The van der Waals surface area contributed by atoms with Crippen molar-refractivity contribution in [2.75, 3.05) is 35.2 Å². The van der Waals surface area contributed by atoms with E-state index in [0.717, 1.165) is 0 Å². The van der Waals surface area contributed by atoms with Crippen LogP contribution in [0, 0.1) is 0 Å². The summed E-state index contributed by atoms with van der Waals surface area (Å²) in [5.74, 6) is 0. The molecule has 0 rings (SSSR count). The molecule has 0 bridgehead atoms. The Morgan fingerprint density at radius 3 is 1.42 bits per heavy atom. The van der Waals surface area contributed by atoms with Gasteiger partial charge in [-0.3, -0.25) is 14.0 Å². The molecular weight excluding hydrogens is 177 g/mol. The average molecular weight is 193 g/mol. The van der Waals surface area contributed by atoms with Crippen LogP contribution in [-0.4, -0.2) is 55.7 Å². The Balaban J connectivity index is 4.87. The third-order valence-electron chi connectivity index (χ3n) is 1.61. The fourth-order valence-electron chi connectivity index (χ4n) is 0.984. The summed E-state index contributed by atoms with van der Waals surface area (Å²) < 4.78 is 16.4. The van der Waals surface area contributed by atoms with Crippen LogP contribution in [0.15, 0.2) is 0 Å². The minimum absolute atomic E-state index is 0.570. The van der Waals surface area contributed by atoms with Crippen molar-refractivity contribution in [2.24, 2.45) is 0 Å². The van der Waals surface area contributed by atoms with E-state index in [2.05, 4.69) is 0 Å². The second-order valence-corrected chi connectivity index (χ2v) is 6.14. The highest BCUT2D eigenvalue weighted by molar-refractivity contribution is 7.57. The molecule has 0 unspecified atom stereocenters. The van der Waals surface area contributed by atoms with Crippen molar-refractivity contribution in [2.45, 2.75) is 0 Å². The smallest absolute Gasteiger partial charge is 0.278 e. The molecule has 72 valence electrons. The van der Waals surface area contributed by atoms with Gasteiger partial charge in [-0.1, -0.05) is 0 Å². The molecule has 0 radical (unpaired) electrons. The van der Waals surface area contributed by atoms with Gasteiger partial charge in [-0.2, -0.15) is 0 Å². The van der Waals surface area contributed by atoms with Gasteiger partial charge in [-0.15, -0.1) is 0 Å². The predicted octanol–water partition coefficient (Wildman–Crippen LogP) is 0.306. The fraction of sp³-hybridized carbons (Fsp3) is 0.833. The molecule has 0 aromatic rings. The van der Waals surface area contributed by atoms with E-state index in [1.807, 2.05) is 0 Å². The van der Waals surface area contributed by atoms with Crippen LogP contribution >= 0.6 is 7.59 Å². The minimum atomic E-state index is -2.82. The second-order valence-electron chi connectivity index (χ2n) is 2.89. The molecular formula is C6H16N3O2P. The molecule has 0 aromatic carbocycles. The van der Waals surface area contributed by atoms with Gasteiger partial charge in [0.2, 0.25) is 6.41 Å². The summed E-state index contributed by atoms with van der Waals surface area (Å²) in [6, 6.07) is 0. The molecule has 0 aromatic heterocycles. The number of rotatable bonds is 4. The lowest BCUT2D eigenvalue weighted by Crippen LogP contribution is -2.31. The van der Waals surface area contributed by atoms with Crippen molar-refractivity contribution in [1.29, 1.82) is 0 Å². The number of carbonyl (C=O) groups is 1. The third-order valence-corrected chi connectivity index (χ3v) is 4.61. The zero-order chi connectivity index (χ0) is 9.94. The molecule has 0 atom stereocenters. The standard InChI is InChI=1S/C6H16N3O2P/c1-7(2)12(11,8(3)4)9(5)6-10/h6H,1-5H3. The van der Waals surface area contributed by atoms with Gasteiger partial charge >= 0.3 is 7.59 Å². The van der Waals surface area contributed by atoms with E-state index in [1.54, 1.807) is 37.5 Å². The number of amides is 1. The van der Waals surface area contributed by atoms with Gasteiger partial charge in [0.1, 0.15) is 0 Å². The monoisotopic (exact) mass is 193 g/mol. The summed E-state index contributed by atoms with van der Waals surface area (Å²) >= 11 is 0. The van der Waals surface area contributed by atoms with Crippen molar-refractivity contribution in [3.8, 4) is 0 Å². The fourth-order valence-corrected chi connectivity index (χ4v) is 2.95. The van der Waals surface area contributed by atoms with Gasteiger partial charge in [0.15, 0.2) is 0 Å². The third kappa shape index (κ3) is 1.86. The van der Waals surface area contributed by atoms with Crippen LogP contribution in [0.3, 0.4) is 0 Å². The molecule has 1 amide bonds. The van der Waals surface area contributed by atoms with Gasteiger partial charge in [0.05, 0.1) is 0 Å². The van der Waals surface area contributed by atoms with Crippen LogP contribution in [0.25, 0.3) is 0 Å². The van der Waals surface area contributed by atoms with Gasteiger partial charge in [0.25, 0.3) is 0 Å². The average Bonchev–Trinajstić information content (AvgIpc) is 2.00. The zero-order valence-electron chi connectivity index (χ0n) is 8.18. The van der Waals surface area contributed by atoms with Crippen LogP contribution in [0.1, 0.15) is 0 Å². The van der Waals surface area contributed by atoms with Gasteiger partial charge < -0.3 is 0 Å². The Bertz CT molecular complexity index is 193. The van der Waals surface area contributed by atoms with E-state index in [9.17, 15) is 9.36 Å². The Labute approximate surface area is 73.5 Å². The van der Waals surface area contributed by atoms with Gasteiger partial charge in [-0.25, -0.2) is 9.34 Å². The summed E-state index contributed by atoms with van der Waals surface area (Å²) in [5, 5.41) is 0. The molecule has 0 aliphatic carbocycles. The normalized spacial score (nSPS) is 12.2. The zero-order valence-corrected chi connectivity index (χ0v) is 9.08. The Morgan fingerprint density at radius 1 is 1.00 bits per heavy atom. The van der Waals surface area contributed by atoms with Crippen LogP contribution in [0.4, 0.5) is 0 Å². The first-order chi connectivity index (χ1) is 5.37. The Kier molecular flexibility index (Phi) is 3.90. The molecule has 0 saturated carbocycles. The lowest BCUT2D eigenvalue weighted by molar-refractivity contribution is -0.113. The van der Waals surface area contributed by atoms with Crippen LogP contribution in [0.2, 0.25) is 0 Å². The van der Waals surface area contributed by atoms with Crippen molar-refractivity contribution in [3.05, 3.63) is 0 Å². The molecule has 0 aliphatic rings. The summed E-state index contributed by atoms with van der Waals surface area (Å²) in [4.78, 5) is 10.5. The maximum Gasteiger partial charge on any atom is 0.311 e. The maximum absolute atomic E-state index is 12.1. The number of nitrogens with zero attached hydrogens (tertiary/aromatic N) is 3. The van der Waals surface area contributed by atoms with E-state index in [1.165, 1.54) is 11.7 Å². The Morgan fingerprint density at radius 2 is 1.33 bits per heavy atom. The van der Waals surface area contributed by atoms with Crippen LogP contribution in [0.5, 0.6) is 0 Å². The molecule has 5 nitrogen and oxygen atoms in total. The first-order valence-corrected chi connectivity index (χ1v) is 5.08. The van der Waals surface area contributed by atoms with E-state index >= 15 is 0 Å². The van der Waals surface area contributed by atoms with Gasteiger partial charge in [0, 0.05) is 7.05 Å². The molecule has 0 N–H and O–H groups in total. The number of hydrogen-bond acceptors (Lipinski definition) is 2. The highest BCUT2D eigenvalue weighted by Gasteiger charge is 2.32. The van der Waals surface area contributed by atoms with Crippen molar-refractivity contribution >= 4 is 14.0 Å². The SMILES string of the molecule is CN(C)P(=O)(N(C)C)N(C)C=O. The van der Waals surface area contributed by atoms with E-state index in [0.29, 0.717) is 6.41 Å². The molecule has 0 aliphatic heterocycles. The lowest BCUT2D eigenvalue weighted by atomic mass is 11.2. The molecule has 0 saturated heterocycles. The van der Waals surface area contributed by atoms with E-state index < -0.39 is 7.59 Å². The summed E-state index contributed by atoms with van der Waals surface area (Å²) in [6.07, 6.45) is 0.570. The van der Waals surface area contributed by atoms with E-state index in [4.69, 9.17) is 0 Å². The molecule has 0 heterocycles. The summed E-state index contributed by atoms with van der Waals surface area (Å²) in [6.45, 7) is 0. The topological polar surface area (TPSA) is 43.9 Å².